The second-order valence-corrected chi connectivity index (χ2v) is 7.06. The van der Waals surface area contributed by atoms with Crippen molar-refractivity contribution >= 4 is 27.3 Å². The number of thiophene rings is 1. The van der Waals surface area contributed by atoms with E-state index < -0.39 is 0 Å². The van der Waals surface area contributed by atoms with Gasteiger partial charge in [-0.15, -0.1) is 11.3 Å². The molecule has 1 fully saturated rings. The monoisotopic (exact) mass is 317 g/mol. The van der Waals surface area contributed by atoms with Crippen molar-refractivity contribution in [2.24, 2.45) is 0 Å². The molecule has 96 valence electrons. The minimum Gasteiger partial charge on any atom is -0.314 e. The number of halogens is 1. The lowest BCUT2D eigenvalue weighted by Crippen LogP contribution is -2.50. The predicted molar refractivity (Wildman–Crippen MR) is 77.6 cm³/mol. The fourth-order valence-corrected chi connectivity index (χ4v) is 3.56. The zero-order valence-electron chi connectivity index (χ0n) is 10.2. The lowest BCUT2D eigenvalue weighted by atomic mass is 10.1. The first kappa shape index (κ1) is 13.5. The summed E-state index contributed by atoms with van der Waals surface area (Å²) in [6, 6.07) is 4.97. The van der Waals surface area contributed by atoms with Gasteiger partial charge in [-0.3, -0.25) is 0 Å². The van der Waals surface area contributed by atoms with Gasteiger partial charge in [0.25, 0.3) is 0 Å². The number of hydrogen-bond acceptors (Lipinski definition) is 4. The van der Waals surface area contributed by atoms with E-state index in [9.17, 15) is 0 Å². The Balaban J connectivity index is 1.62. The number of likely N-dealkylation sites (N-methyl/N-ethyl adjacent to an activating group) is 1. The first-order valence-corrected chi connectivity index (χ1v) is 7.72. The smallest absolute Gasteiger partial charge is 0.0701 e. The molecule has 2 N–H and O–H groups in total. The molecule has 3 nitrogen and oxygen atoms in total. The molecule has 2 rings (SSSR count). The number of nitrogens with zero attached hydrogens (tertiary/aromatic N) is 1. The SMILES string of the molecule is CN1CCNCC1CCNCc1ccc(Br)s1. The van der Waals surface area contributed by atoms with Gasteiger partial charge in [-0.2, -0.15) is 0 Å². The third-order valence-electron chi connectivity index (χ3n) is 3.23. The molecular formula is C12H20BrN3S. The highest BCUT2D eigenvalue weighted by molar-refractivity contribution is 9.11. The standard InChI is InChI=1S/C12H20BrN3S/c1-16-7-6-15-8-10(16)4-5-14-9-11-2-3-12(13)17-11/h2-3,10,14-15H,4-9H2,1H3. The van der Waals surface area contributed by atoms with Gasteiger partial charge in [-0.25, -0.2) is 0 Å². The first-order valence-electron chi connectivity index (χ1n) is 6.11. The van der Waals surface area contributed by atoms with Crippen molar-refractivity contribution in [1.29, 1.82) is 0 Å². The van der Waals surface area contributed by atoms with Gasteiger partial charge in [0.2, 0.25) is 0 Å². The minimum absolute atomic E-state index is 0.686. The van der Waals surface area contributed by atoms with Crippen LogP contribution in [0.4, 0.5) is 0 Å². The van der Waals surface area contributed by atoms with Crippen molar-refractivity contribution in [1.82, 2.24) is 15.5 Å². The summed E-state index contributed by atoms with van der Waals surface area (Å²) in [6.45, 7) is 5.50. The van der Waals surface area contributed by atoms with Gasteiger partial charge in [-0.1, -0.05) is 0 Å². The van der Waals surface area contributed by atoms with Crippen LogP contribution >= 0.6 is 27.3 Å². The average molecular weight is 318 g/mol. The summed E-state index contributed by atoms with van der Waals surface area (Å²) in [5.41, 5.74) is 0. The van der Waals surface area contributed by atoms with E-state index in [0.29, 0.717) is 6.04 Å². The molecule has 1 unspecified atom stereocenters. The molecule has 0 saturated carbocycles. The van der Waals surface area contributed by atoms with E-state index >= 15 is 0 Å². The van der Waals surface area contributed by atoms with Crippen LogP contribution in [0.25, 0.3) is 0 Å². The van der Waals surface area contributed by atoms with E-state index in [2.05, 4.69) is 50.6 Å². The molecule has 1 atom stereocenters. The van der Waals surface area contributed by atoms with Crippen LogP contribution in [0, 0.1) is 0 Å². The molecule has 2 heterocycles. The minimum atomic E-state index is 0.686. The Kier molecular flexibility index (Phi) is 5.44. The zero-order valence-corrected chi connectivity index (χ0v) is 12.6. The highest BCUT2D eigenvalue weighted by Crippen LogP contribution is 2.21. The Labute approximate surface area is 116 Å². The molecule has 1 aliphatic heterocycles. The van der Waals surface area contributed by atoms with Crippen LogP contribution in [-0.2, 0) is 6.54 Å². The highest BCUT2D eigenvalue weighted by atomic mass is 79.9. The lowest BCUT2D eigenvalue weighted by Gasteiger charge is -2.33. The number of piperazine rings is 1. The first-order chi connectivity index (χ1) is 8.25. The zero-order chi connectivity index (χ0) is 12.1. The van der Waals surface area contributed by atoms with Crippen molar-refractivity contribution in [2.45, 2.75) is 19.0 Å². The molecule has 1 aromatic rings. The molecule has 5 heteroatoms. The largest absolute Gasteiger partial charge is 0.314 e. The molecule has 17 heavy (non-hydrogen) atoms. The Hall–Kier alpha value is 0.0600. The third-order valence-corrected chi connectivity index (χ3v) is 4.85. The summed E-state index contributed by atoms with van der Waals surface area (Å²) >= 11 is 5.29. The number of hydrogen-bond donors (Lipinski definition) is 2. The van der Waals surface area contributed by atoms with Crippen LogP contribution in [0.1, 0.15) is 11.3 Å². The van der Waals surface area contributed by atoms with Gasteiger partial charge < -0.3 is 15.5 Å². The molecule has 1 aliphatic rings. The molecule has 0 aliphatic carbocycles. The summed E-state index contributed by atoms with van der Waals surface area (Å²) in [5, 5.41) is 6.97. The maximum atomic E-state index is 3.52. The Morgan fingerprint density at radius 3 is 3.18 bits per heavy atom. The van der Waals surface area contributed by atoms with Gasteiger partial charge in [-0.05, 0) is 48.1 Å². The average Bonchev–Trinajstić information content (AvgIpc) is 2.73. The van der Waals surface area contributed by atoms with Gasteiger partial charge in [0, 0.05) is 37.1 Å². The van der Waals surface area contributed by atoms with E-state index in [1.807, 2.05) is 0 Å². The van der Waals surface area contributed by atoms with Crippen LogP contribution in [0.5, 0.6) is 0 Å². The molecule has 1 aromatic heterocycles. The number of nitrogens with one attached hydrogen (secondary N) is 2. The maximum Gasteiger partial charge on any atom is 0.0701 e. The van der Waals surface area contributed by atoms with Crippen molar-refractivity contribution < 1.29 is 0 Å². The molecule has 0 spiro atoms. The van der Waals surface area contributed by atoms with Crippen LogP contribution < -0.4 is 10.6 Å². The topological polar surface area (TPSA) is 27.3 Å². The van der Waals surface area contributed by atoms with E-state index in [4.69, 9.17) is 0 Å². The van der Waals surface area contributed by atoms with Crippen molar-refractivity contribution in [3.05, 3.63) is 20.8 Å². The lowest BCUT2D eigenvalue weighted by molar-refractivity contribution is 0.189. The quantitative estimate of drug-likeness (QED) is 0.812. The normalized spacial score (nSPS) is 21.9. The van der Waals surface area contributed by atoms with Crippen LogP contribution in [0.3, 0.4) is 0 Å². The molecule has 0 radical (unpaired) electrons. The summed E-state index contributed by atoms with van der Waals surface area (Å²) in [4.78, 5) is 3.85. The van der Waals surface area contributed by atoms with E-state index in [1.54, 1.807) is 11.3 Å². The third kappa shape index (κ3) is 4.34. The molecule has 0 aromatic carbocycles. The Bertz CT molecular complexity index is 342. The van der Waals surface area contributed by atoms with E-state index in [-0.39, 0.29) is 0 Å². The fourth-order valence-electron chi connectivity index (χ4n) is 2.11. The fraction of sp³-hybridized carbons (Fsp3) is 0.667. The highest BCUT2D eigenvalue weighted by Gasteiger charge is 2.17. The molecule has 0 amide bonds. The second kappa shape index (κ2) is 6.85. The van der Waals surface area contributed by atoms with Crippen LogP contribution in [0.15, 0.2) is 15.9 Å². The summed E-state index contributed by atoms with van der Waals surface area (Å²) in [6.07, 6.45) is 1.22. The van der Waals surface area contributed by atoms with Crippen molar-refractivity contribution in [2.75, 3.05) is 33.2 Å². The number of rotatable bonds is 5. The van der Waals surface area contributed by atoms with E-state index in [1.165, 1.54) is 21.6 Å². The molecule has 0 bridgehead atoms. The maximum absolute atomic E-state index is 3.52. The summed E-state index contributed by atoms with van der Waals surface area (Å²) in [7, 11) is 2.22. The Morgan fingerprint density at radius 1 is 1.59 bits per heavy atom. The van der Waals surface area contributed by atoms with Gasteiger partial charge in [0.05, 0.1) is 3.79 Å². The van der Waals surface area contributed by atoms with Crippen LogP contribution in [-0.4, -0.2) is 44.2 Å². The molecule has 1 saturated heterocycles. The van der Waals surface area contributed by atoms with Crippen molar-refractivity contribution in [3.63, 3.8) is 0 Å². The van der Waals surface area contributed by atoms with Crippen molar-refractivity contribution in [3.8, 4) is 0 Å². The predicted octanol–water partition coefficient (Wildman–Crippen LogP) is 1.89. The van der Waals surface area contributed by atoms with Gasteiger partial charge in [0.15, 0.2) is 0 Å². The van der Waals surface area contributed by atoms with Crippen LogP contribution in [0.2, 0.25) is 0 Å². The van der Waals surface area contributed by atoms with Gasteiger partial charge in [0.1, 0.15) is 0 Å². The van der Waals surface area contributed by atoms with Gasteiger partial charge >= 0.3 is 0 Å². The Morgan fingerprint density at radius 2 is 2.47 bits per heavy atom. The molecular weight excluding hydrogens is 298 g/mol. The summed E-state index contributed by atoms with van der Waals surface area (Å²) < 4.78 is 1.21. The summed E-state index contributed by atoms with van der Waals surface area (Å²) in [5.74, 6) is 0. The van der Waals surface area contributed by atoms with E-state index in [0.717, 1.165) is 26.2 Å². The second-order valence-electron chi connectivity index (χ2n) is 4.51.